The SMILES string of the molecule is Cc1n[nH]c(I)c1F. The molecule has 44 valence electrons. The molecule has 2 nitrogen and oxygen atoms in total. The maximum Gasteiger partial charge on any atom is 0.177 e. The van der Waals surface area contributed by atoms with E-state index in [-0.39, 0.29) is 5.82 Å². The lowest BCUT2D eigenvalue weighted by atomic mass is 10.5. The van der Waals surface area contributed by atoms with Gasteiger partial charge in [0.2, 0.25) is 0 Å². The molecule has 1 heterocycles. The number of hydrogen-bond acceptors (Lipinski definition) is 1. The van der Waals surface area contributed by atoms with Crippen molar-refractivity contribution in [1.29, 1.82) is 0 Å². The first-order valence-corrected chi connectivity index (χ1v) is 3.15. The summed E-state index contributed by atoms with van der Waals surface area (Å²) in [5.41, 5.74) is 0.425. The lowest BCUT2D eigenvalue weighted by Gasteiger charge is -1.76. The standard InChI is InChI=1S/C4H4FIN2/c1-2-3(5)4(6)8-7-2/h1H3,(H,7,8). The van der Waals surface area contributed by atoms with Gasteiger partial charge in [-0.05, 0) is 29.5 Å². The molecule has 0 aliphatic carbocycles. The van der Waals surface area contributed by atoms with Crippen molar-refractivity contribution in [2.75, 3.05) is 0 Å². The minimum atomic E-state index is -0.245. The number of aromatic nitrogens is 2. The minimum Gasteiger partial charge on any atom is -0.269 e. The third-order valence-corrected chi connectivity index (χ3v) is 1.55. The topological polar surface area (TPSA) is 28.7 Å². The molecule has 0 amide bonds. The second-order valence-corrected chi connectivity index (χ2v) is 2.52. The molecule has 0 fully saturated rings. The number of hydrogen-bond donors (Lipinski definition) is 1. The number of H-pyrrole nitrogens is 1. The zero-order chi connectivity index (χ0) is 6.15. The Hall–Kier alpha value is -0.130. The average molecular weight is 226 g/mol. The van der Waals surface area contributed by atoms with Crippen LogP contribution in [0.15, 0.2) is 0 Å². The number of nitrogens with zero attached hydrogens (tertiary/aromatic N) is 1. The number of aryl methyl sites for hydroxylation is 1. The van der Waals surface area contributed by atoms with Gasteiger partial charge in [-0.2, -0.15) is 5.10 Å². The normalized spacial score (nSPS) is 9.88. The van der Waals surface area contributed by atoms with Gasteiger partial charge in [0.15, 0.2) is 5.82 Å². The summed E-state index contributed by atoms with van der Waals surface area (Å²) in [7, 11) is 0. The highest BCUT2D eigenvalue weighted by Crippen LogP contribution is 2.08. The van der Waals surface area contributed by atoms with E-state index in [4.69, 9.17) is 0 Å². The van der Waals surface area contributed by atoms with Crippen molar-refractivity contribution in [3.8, 4) is 0 Å². The summed E-state index contributed by atoms with van der Waals surface area (Å²) < 4.78 is 12.9. The molecule has 0 atom stereocenters. The molecule has 0 bridgehead atoms. The highest BCUT2D eigenvalue weighted by molar-refractivity contribution is 14.1. The molecule has 0 radical (unpaired) electrons. The molecule has 0 aliphatic heterocycles. The molecule has 1 rings (SSSR count). The molecule has 0 saturated heterocycles. The van der Waals surface area contributed by atoms with Crippen molar-refractivity contribution in [3.63, 3.8) is 0 Å². The minimum absolute atomic E-state index is 0.245. The molecule has 1 aromatic heterocycles. The predicted octanol–water partition coefficient (Wildman–Crippen LogP) is 1.46. The first-order chi connectivity index (χ1) is 3.72. The van der Waals surface area contributed by atoms with E-state index in [9.17, 15) is 4.39 Å². The summed E-state index contributed by atoms with van der Waals surface area (Å²) in [6.07, 6.45) is 0. The highest BCUT2D eigenvalue weighted by Gasteiger charge is 2.03. The molecule has 0 aliphatic rings. The summed E-state index contributed by atoms with van der Waals surface area (Å²) >= 11 is 1.85. The van der Waals surface area contributed by atoms with Gasteiger partial charge < -0.3 is 0 Å². The van der Waals surface area contributed by atoms with Crippen LogP contribution in [0.25, 0.3) is 0 Å². The fourth-order valence-electron chi connectivity index (χ4n) is 0.390. The largest absolute Gasteiger partial charge is 0.269 e. The van der Waals surface area contributed by atoms with Gasteiger partial charge in [-0.1, -0.05) is 0 Å². The Labute approximate surface area is 59.6 Å². The van der Waals surface area contributed by atoms with E-state index in [1.54, 1.807) is 6.92 Å². The van der Waals surface area contributed by atoms with Crippen LogP contribution < -0.4 is 0 Å². The van der Waals surface area contributed by atoms with E-state index in [0.717, 1.165) is 0 Å². The van der Waals surface area contributed by atoms with E-state index >= 15 is 0 Å². The monoisotopic (exact) mass is 226 g/mol. The van der Waals surface area contributed by atoms with Gasteiger partial charge in [-0.25, -0.2) is 4.39 Å². The lowest BCUT2D eigenvalue weighted by Crippen LogP contribution is -1.74. The van der Waals surface area contributed by atoms with Crippen molar-refractivity contribution in [2.24, 2.45) is 0 Å². The van der Waals surface area contributed by atoms with E-state index in [1.807, 2.05) is 22.6 Å². The van der Waals surface area contributed by atoms with Crippen LogP contribution in [0.5, 0.6) is 0 Å². The zero-order valence-electron chi connectivity index (χ0n) is 4.20. The van der Waals surface area contributed by atoms with E-state index in [1.165, 1.54) is 0 Å². The van der Waals surface area contributed by atoms with Crippen LogP contribution in [0.3, 0.4) is 0 Å². The summed E-state index contributed by atoms with van der Waals surface area (Å²) in [6, 6.07) is 0. The van der Waals surface area contributed by atoms with Gasteiger partial charge >= 0.3 is 0 Å². The number of aromatic amines is 1. The van der Waals surface area contributed by atoms with Gasteiger partial charge in [0.1, 0.15) is 3.70 Å². The van der Waals surface area contributed by atoms with E-state index < -0.39 is 0 Å². The van der Waals surface area contributed by atoms with Crippen LogP contribution in [0.1, 0.15) is 5.69 Å². The van der Waals surface area contributed by atoms with Crippen LogP contribution in [0, 0.1) is 16.4 Å². The lowest BCUT2D eigenvalue weighted by molar-refractivity contribution is 0.612. The number of nitrogens with one attached hydrogen (secondary N) is 1. The predicted molar refractivity (Wildman–Crippen MR) is 36.0 cm³/mol. The first kappa shape index (κ1) is 6.00. The number of rotatable bonds is 0. The van der Waals surface area contributed by atoms with Crippen LogP contribution in [-0.4, -0.2) is 10.2 Å². The van der Waals surface area contributed by atoms with Crippen LogP contribution in [-0.2, 0) is 0 Å². The third kappa shape index (κ3) is 0.841. The molecular weight excluding hydrogens is 222 g/mol. The van der Waals surface area contributed by atoms with Gasteiger partial charge in [0.05, 0.1) is 5.69 Å². The van der Waals surface area contributed by atoms with Crippen molar-refractivity contribution >= 4 is 22.6 Å². The van der Waals surface area contributed by atoms with Gasteiger partial charge in [0, 0.05) is 0 Å². The smallest absolute Gasteiger partial charge is 0.177 e. The summed E-state index contributed by atoms with van der Waals surface area (Å²) in [6.45, 7) is 1.62. The second kappa shape index (κ2) is 2.00. The van der Waals surface area contributed by atoms with Crippen LogP contribution in [0.4, 0.5) is 4.39 Å². The Balaban J connectivity index is 3.19. The zero-order valence-corrected chi connectivity index (χ0v) is 6.36. The summed E-state index contributed by atoms with van der Waals surface area (Å²) in [5, 5.41) is 6.11. The van der Waals surface area contributed by atoms with E-state index in [2.05, 4.69) is 10.2 Å². The summed E-state index contributed by atoms with van der Waals surface area (Å²) in [5.74, 6) is -0.245. The fraction of sp³-hybridized carbons (Fsp3) is 0.250. The van der Waals surface area contributed by atoms with E-state index in [0.29, 0.717) is 9.39 Å². The number of halogens is 2. The maximum atomic E-state index is 12.4. The third-order valence-electron chi connectivity index (χ3n) is 0.832. The van der Waals surface area contributed by atoms with Crippen LogP contribution in [0.2, 0.25) is 0 Å². The molecule has 1 N–H and O–H groups in total. The maximum absolute atomic E-state index is 12.4. The second-order valence-electron chi connectivity index (χ2n) is 1.44. The Morgan fingerprint density at radius 2 is 2.38 bits per heavy atom. The first-order valence-electron chi connectivity index (χ1n) is 2.08. The van der Waals surface area contributed by atoms with Crippen LogP contribution >= 0.6 is 22.6 Å². The molecular formula is C4H4FIN2. The van der Waals surface area contributed by atoms with Gasteiger partial charge in [-0.15, -0.1) is 0 Å². The molecule has 0 spiro atoms. The average Bonchev–Trinajstić information content (AvgIpc) is 1.98. The molecule has 0 unspecified atom stereocenters. The molecule has 1 aromatic rings. The fourth-order valence-corrected chi connectivity index (χ4v) is 0.901. The molecule has 8 heavy (non-hydrogen) atoms. The van der Waals surface area contributed by atoms with Gasteiger partial charge in [0.25, 0.3) is 0 Å². The molecule has 0 saturated carbocycles. The van der Waals surface area contributed by atoms with Crippen molar-refractivity contribution in [1.82, 2.24) is 10.2 Å². The Bertz CT molecular complexity index is 176. The quantitative estimate of drug-likeness (QED) is 0.666. The molecule has 0 aromatic carbocycles. The van der Waals surface area contributed by atoms with Gasteiger partial charge in [-0.3, -0.25) is 5.10 Å². The Morgan fingerprint density at radius 3 is 2.50 bits per heavy atom. The molecule has 4 heteroatoms. The van der Waals surface area contributed by atoms with Crippen molar-refractivity contribution < 1.29 is 4.39 Å². The Kier molecular flexibility index (Phi) is 1.50. The van der Waals surface area contributed by atoms with Crippen molar-refractivity contribution in [2.45, 2.75) is 6.92 Å². The Morgan fingerprint density at radius 1 is 1.75 bits per heavy atom. The summed E-state index contributed by atoms with van der Waals surface area (Å²) in [4.78, 5) is 0. The highest BCUT2D eigenvalue weighted by atomic mass is 127. The van der Waals surface area contributed by atoms with Crippen molar-refractivity contribution in [3.05, 3.63) is 15.2 Å².